The van der Waals surface area contributed by atoms with Gasteiger partial charge in [0.15, 0.2) is 0 Å². The molecule has 0 N–H and O–H groups in total. The molecule has 0 radical (unpaired) electrons. The summed E-state index contributed by atoms with van der Waals surface area (Å²) < 4.78 is 0. The molecule has 1 nitrogen and oxygen atoms in total. The number of hydrogen-bond acceptors (Lipinski definition) is 1. The maximum Gasteiger partial charge on any atom is 0.0669 e. The first kappa shape index (κ1) is 13.5. The van der Waals surface area contributed by atoms with Crippen molar-refractivity contribution < 1.29 is 0 Å². The van der Waals surface area contributed by atoms with Gasteiger partial charge in [0.25, 0.3) is 0 Å². The predicted octanol–water partition coefficient (Wildman–Crippen LogP) is 5.73. The van der Waals surface area contributed by atoms with Gasteiger partial charge in [-0.15, -0.1) is 0 Å². The average Bonchev–Trinajstić information content (AvgIpc) is 2.61. The average molecular weight is 293 g/mol. The zero-order valence-electron chi connectivity index (χ0n) is 12.7. The first-order chi connectivity index (χ1) is 11.3. The fourth-order valence-corrected chi connectivity index (χ4v) is 3.04. The van der Waals surface area contributed by atoms with E-state index in [1.807, 2.05) is 6.07 Å². The Hall–Kier alpha value is -3.11. The molecule has 0 bridgehead atoms. The van der Waals surface area contributed by atoms with Crippen LogP contribution in [0.25, 0.3) is 32.7 Å². The van der Waals surface area contributed by atoms with Crippen LogP contribution in [0, 0.1) is 11.3 Å². The Morgan fingerprint density at radius 3 is 1.91 bits per heavy atom. The molecule has 4 rings (SSSR count). The summed E-state index contributed by atoms with van der Waals surface area (Å²) in [7, 11) is 0. The second kappa shape index (κ2) is 5.59. The van der Waals surface area contributed by atoms with Crippen molar-refractivity contribution in [3.63, 3.8) is 0 Å². The maximum atomic E-state index is 8.82. The van der Waals surface area contributed by atoms with Crippen molar-refractivity contribution in [2.24, 2.45) is 0 Å². The summed E-state index contributed by atoms with van der Waals surface area (Å²) in [4.78, 5) is 0. The molecule has 108 valence electrons. The molecule has 23 heavy (non-hydrogen) atoms. The molecular formula is C22H15N. The zero-order chi connectivity index (χ0) is 15.6. The number of rotatable bonds is 2. The molecule has 0 saturated heterocycles. The van der Waals surface area contributed by atoms with Crippen molar-refractivity contribution in [3.05, 3.63) is 84.4 Å². The molecule has 0 unspecified atom stereocenters. The van der Waals surface area contributed by atoms with Gasteiger partial charge in [-0.2, -0.15) is 5.26 Å². The molecule has 0 saturated carbocycles. The van der Waals surface area contributed by atoms with Crippen molar-refractivity contribution in [2.45, 2.75) is 6.42 Å². The lowest BCUT2D eigenvalue weighted by atomic mass is 9.97. The van der Waals surface area contributed by atoms with Crippen LogP contribution in [0.15, 0.2) is 78.9 Å². The molecule has 0 aromatic heterocycles. The Morgan fingerprint density at radius 2 is 1.17 bits per heavy atom. The van der Waals surface area contributed by atoms with Crippen LogP contribution in [-0.2, 0) is 6.42 Å². The van der Waals surface area contributed by atoms with Crippen molar-refractivity contribution in [1.82, 2.24) is 0 Å². The first-order valence-corrected chi connectivity index (χ1v) is 7.72. The normalized spacial score (nSPS) is 10.7. The summed E-state index contributed by atoms with van der Waals surface area (Å²) in [5.74, 6) is 0. The summed E-state index contributed by atoms with van der Waals surface area (Å²) in [6.07, 6.45) is 0.461. The van der Waals surface area contributed by atoms with Gasteiger partial charge in [-0.1, -0.05) is 66.7 Å². The third-order valence-corrected chi connectivity index (χ3v) is 4.27. The maximum absolute atomic E-state index is 8.82. The van der Waals surface area contributed by atoms with Crippen LogP contribution < -0.4 is 0 Å². The molecule has 0 heterocycles. The van der Waals surface area contributed by atoms with Crippen molar-refractivity contribution in [1.29, 1.82) is 5.26 Å². The van der Waals surface area contributed by atoms with E-state index in [0.29, 0.717) is 6.42 Å². The van der Waals surface area contributed by atoms with Crippen LogP contribution in [-0.4, -0.2) is 0 Å². The van der Waals surface area contributed by atoms with E-state index in [4.69, 9.17) is 5.26 Å². The van der Waals surface area contributed by atoms with Crippen LogP contribution in [0.5, 0.6) is 0 Å². The van der Waals surface area contributed by atoms with E-state index in [9.17, 15) is 0 Å². The largest absolute Gasteiger partial charge is 0.198 e. The lowest BCUT2D eigenvalue weighted by molar-refractivity contribution is 1.27. The fourth-order valence-electron chi connectivity index (χ4n) is 3.04. The molecule has 0 aliphatic heterocycles. The highest BCUT2D eigenvalue weighted by Gasteiger charge is 2.02. The number of nitriles is 1. The first-order valence-electron chi connectivity index (χ1n) is 7.72. The Bertz CT molecular complexity index is 1050. The summed E-state index contributed by atoms with van der Waals surface area (Å²) in [5.41, 5.74) is 3.52. The summed E-state index contributed by atoms with van der Waals surface area (Å²) in [5, 5.41) is 13.7. The van der Waals surface area contributed by atoms with E-state index in [1.165, 1.54) is 32.7 Å². The van der Waals surface area contributed by atoms with Crippen LogP contribution in [0.2, 0.25) is 0 Å². The molecule has 0 atom stereocenters. The summed E-state index contributed by atoms with van der Waals surface area (Å²) in [6.45, 7) is 0. The minimum Gasteiger partial charge on any atom is -0.198 e. The van der Waals surface area contributed by atoms with Gasteiger partial charge in [0.1, 0.15) is 0 Å². The van der Waals surface area contributed by atoms with Gasteiger partial charge in [0.2, 0.25) is 0 Å². The second-order valence-corrected chi connectivity index (χ2v) is 5.79. The van der Waals surface area contributed by atoms with Crippen LogP contribution in [0.4, 0.5) is 0 Å². The monoisotopic (exact) mass is 293 g/mol. The quantitative estimate of drug-likeness (QED) is 0.463. The second-order valence-electron chi connectivity index (χ2n) is 5.79. The van der Waals surface area contributed by atoms with Gasteiger partial charge in [-0.3, -0.25) is 0 Å². The number of hydrogen-bond donors (Lipinski definition) is 0. The van der Waals surface area contributed by atoms with E-state index in [2.05, 4.69) is 78.9 Å². The molecule has 1 heteroatoms. The molecular weight excluding hydrogens is 278 g/mol. The Morgan fingerprint density at radius 1 is 0.609 bits per heavy atom. The van der Waals surface area contributed by atoms with E-state index in [1.54, 1.807) is 0 Å². The van der Waals surface area contributed by atoms with E-state index >= 15 is 0 Å². The Kier molecular flexibility index (Phi) is 3.29. The molecule has 0 aliphatic rings. The number of nitrogens with zero attached hydrogens (tertiary/aromatic N) is 1. The third kappa shape index (κ3) is 2.56. The summed E-state index contributed by atoms with van der Waals surface area (Å²) >= 11 is 0. The molecule has 4 aromatic rings. The van der Waals surface area contributed by atoms with Gasteiger partial charge in [-0.25, -0.2) is 0 Å². The highest BCUT2D eigenvalue weighted by Crippen LogP contribution is 2.28. The lowest BCUT2D eigenvalue weighted by Gasteiger charge is -2.07. The van der Waals surface area contributed by atoms with Gasteiger partial charge < -0.3 is 0 Å². The zero-order valence-corrected chi connectivity index (χ0v) is 12.7. The van der Waals surface area contributed by atoms with Gasteiger partial charge in [0, 0.05) is 0 Å². The van der Waals surface area contributed by atoms with Crippen molar-refractivity contribution in [3.8, 4) is 17.2 Å². The standard InChI is InChI=1S/C22H15N/c23-12-11-16-5-6-20-15-22(10-9-19(20)13-16)21-8-7-17-3-1-2-4-18(17)14-21/h1-10,13-15H,11H2. The van der Waals surface area contributed by atoms with E-state index < -0.39 is 0 Å². The molecule has 0 aliphatic carbocycles. The van der Waals surface area contributed by atoms with Gasteiger partial charge >= 0.3 is 0 Å². The Balaban J connectivity index is 1.81. The highest BCUT2D eigenvalue weighted by atomic mass is 14.2. The van der Waals surface area contributed by atoms with Crippen LogP contribution in [0.3, 0.4) is 0 Å². The molecule has 0 spiro atoms. The van der Waals surface area contributed by atoms with E-state index in [0.717, 1.165) is 5.56 Å². The van der Waals surface area contributed by atoms with Crippen molar-refractivity contribution in [2.75, 3.05) is 0 Å². The number of fused-ring (bicyclic) bond motifs is 2. The minimum absolute atomic E-state index is 0.461. The number of benzene rings is 4. The van der Waals surface area contributed by atoms with E-state index in [-0.39, 0.29) is 0 Å². The highest BCUT2D eigenvalue weighted by molar-refractivity contribution is 5.91. The molecule has 0 amide bonds. The third-order valence-electron chi connectivity index (χ3n) is 4.27. The van der Waals surface area contributed by atoms with Gasteiger partial charge in [-0.05, 0) is 50.4 Å². The van der Waals surface area contributed by atoms with Gasteiger partial charge in [0.05, 0.1) is 12.5 Å². The van der Waals surface area contributed by atoms with Crippen molar-refractivity contribution >= 4 is 21.5 Å². The molecule has 4 aromatic carbocycles. The minimum atomic E-state index is 0.461. The molecule has 0 fully saturated rings. The predicted molar refractivity (Wildman–Crippen MR) is 96.2 cm³/mol. The van der Waals surface area contributed by atoms with Crippen LogP contribution in [0.1, 0.15) is 5.56 Å². The Labute approximate surface area is 135 Å². The SMILES string of the molecule is N#CCc1ccc2cc(-c3ccc4ccccc4c3)ccc2c1. The fraction of sp³-hybridized carbons (Fsp3) is 0.0455. The topological polar surface area (TPSA) is 23.8 Å². The van der Waals surface area contributed by atoms with Crippen LogP contribution >= 0.6 is 0 Å². The lowest BCUT2D eigenvalue weighted by Crippen LogP contribution is -1.84. The summed E-state index contributed by atoms with van der Waals surface area (Å²) in [6, 6.07) is 30.0. The smallest absolute Gasteiger partial charge is 0.0669 e.